The minimum absolute atomic E-state index is 0.00909. The van der Waals surface area contributed by atoms with Crippen LogP contribution >= 0.6 is 0 Å². The Hall–Kier alpha value is -3.28. The molecule has 1 aliphatic rings. The van der Waals surface area contributed by atoms with Crippen molar-refractivity contribution in [2.75, 3.05) is 27.7 Å². The second-order valence-electron chi connectivity index (χ2n) is 8.19. The molecule has 0 amide bonds. The molecule has 8 heteroatoms. The van der Waals surface area contributed by atoms with Crippen LogP contribution in [0.1, 0.15) is 52.2 Å². The molecular formula is C25H26F2N4O2. The molecule has 2 aromatic carbocycles. The average Bonchev–Trinajstić information content (AvgIpc) is 3.33. The first-order valence-corrected chi connectivity index (χ1v) is 10.8. The predicted octanol–water partition coefficient (Wildman–Crippen LogP) is 4.01. The van der Waals surface area contributed by atoms with Crippen LogP contribution in [0.15, 0.2) is 36.4 Å². The summed E-state index contributed by atoms with van der Waals surface area (Å²) < 4.78 is 33.2. The second kappa shape index (κ2) is 9.69. The number of ether oxygens (including phenoxy) is 1. The Morgan fingerprint density at radius 1 is 1.33 bits per heavy atom. The summed E-state index contributed by atoms with van der Waals surface area (Å²) in [5.41, 5.74) is 3.27. The number of rotatable bonds is 7. The second-order valence-corrected chi connectivity index (χ2v) is 8.19. The lowest BCUT2D eigenvalue weighted by atomic mass is 9.96. The highest BCUT2D eigenvalue weighted by atomic mass is 19.3. The molecule has 0 fully saturated rings. The molecular weight excluding hydrogens is 426 g/mol. The van der Waals surface area contributed by atoms with Gasteiger partial charge in [0.05, 0.1) is 23.1 Å². The highest BCUT2D eigenvalue weighted by Gasteiger charge is 2.38. The summed E-state index contributed by atoms with van der Waals surface area (Å²) in [5, 5.41) is 3.07. The third kappa shape index (κ3) is 4.47. The van der Waals surface area contributed by atoms with Crippen molar-refractivity contribution in [3.63, 3.8) is 0 Å². The standard InChI is InChI=1S/C25H26F2N4O2/c1-28-12-5-4-7-16-10-11-18-19(13-16)31-20(14-21(30(2)3)24(31)29-18)23-17(15-32)8-6-9-22(23)33-25(26)27/h6,8-11,13,15,20-21,25,28H,5,12,14H2,1-3H3. The molecule has 3 aromatic rings. The van der Waals surface area contributed by atoms with Crippen LogP contribution in [0.3, 0.4) is 0 Å². The monoisotopic (exact) mass is 452 g/mol. The van der Waals surface area contributed by atoms with Crippen LogP contribution in [-0.2, 0) is 0 Å². The molecule has 0 aliphatic carbocycles. The highest BCUT2D eigenvalue weighted by molar-refractivity contribution is 5.82. The fraction of sp³-hybridized carbons (Fsp3) is 0.360. The van der Waals surface area contributed by atoms with E-state index in [2.05, 4.69) is 17.2 Å². The number of imidazole rings is 1. The van der Waals surface area contributed by atoms with Gasteiger partial charge in [0.25, 0.3) is 0 Å². The van der Waals surface area contributed by atoms with Crippen molar-refractivity contribution in [1.82, 2.24) is 19.8 Å². The molecule has 1 aromatic heterocycles. The SMILES string of the molecule is CNCCC#Cc1ccc2nc3n(c2c1)C(c1c(C=O)cccc1OC(F)F)CC3N(C)C. The Morgan fingerprint density at radius 3 is 2.85 bits per heavy atom. The first kappa shape index (κ1) is 22.9. The van der Waals surface area contributed by atoms with E-state index in [0.717, 1.165) is 35.4 Å². The van der Waals surface area contributed by atoms with Gasteiger partial charge in [0.2, 0.25) is 0 Å². The van der Waals surface area contributed by atoms with E-state index in [1.807, 2.05) is 48.8 Å². The molecule has 0 saturated heterocycles. The zero-order valence-corrected chi connectivity index (χ0v) is 18.8. The van der Waals surface area contributed by atoms with Gasteiger partial charge in [-0.15, -0.1) is 0 Å². The lowest BCUT2D eigenvalue weighted by Gasteiger charge is -2.22. The molecule has 0 radical (unpaired) electrons. The normalized spacial score (nSPS) is 17.3. The molecule has 33 heavy (non-hydrogen) atoms. The van der Waals surface area contributed by atoms with E-state index in [4.69, 9.17) is 9.72 Å². The number of halogens is 2. The Kier molecular flexibility index (Phi) is 6.72. The van der Waals surface area contributed by atoms with Crippen molar-refractivity contribution in [2.24, 2.45) is 0 Å². The summed E-state index contributed by atoms with van der Waals surface area (Å²) in [5.74, 6) is 7.16. The molecule has 6 nitrogen and oxygen atoms in total. The number of alkyl halides is 2. The number of hydrogen-bond donors (Lipinski definition) is 1. The molecule has 172 valence electrons. The van der Waals surface area contributed by atoms with E-state index in [1.165, 1.54) is 6.07 Å². The predicted molar refractivity (Wildman–Crippen MR) is 123 cm³/mol. The van der Waals surface area contributed by atoms with Gasteiger partial charge in [0, 0.05) is 29.7 Å². The number of nitrogens with one attached hydrogen (secondary N) is 1. The molecule has 2 heterocycles. The smallest absolute Gasteiger partial charge is 0.387 e. The van der Waals surface area contributed by atoms with Gasteiger partial charge < -0.3 is 14.6 Å². The summed E-state index contributed by atoms with van der Waals surface area (Å²) in [6.07, 6.45) is 1.99. The van der Waals surface area contributed by atoms with Crippen molar-refractivity contribution >= 4 is 17.3 Å². The van der Waals surface area contributed by atoms with Gasteiger partial charge in [-0.2, -0.15) is 8.78 Å². The number of aldehydes is 1. The van der Waals surface area contributed by atoms with Gasteiger partial charge in [0.1, 0.15) is 11.6 Å². The molecule has 1 aliphatic heterocycles. The van der Waals surface area contributed by atoms with Crippen LogP contribution in [0.2, 0.25) is 0 Å². The van der Waals surface area contributed by atoms with Gasteiger partial charge in [-0.1, -0.05) is 24.0 Å². The molecule has 0 saturated carbocycles. The van der Waals surface area contributed by atoms with E-state index < -0.39 is 6.61 Å². The van der Waals surface area contributed by atoms with Crippen LogP contribution in [0.4, 0.5) is 8.78 Å². The Balaban J connectivity index is 1.89. The Bertz CT molecular complexity index is 1230. The average molecular weight is 453 g/mol. The van der Waals surface area contributed by atoms with E-state index in [9.17, 15) is 13.6 Å². The summed E-state index contributed by atoms with van der Waals surface area (Å²) >= 11 is 0. The summed E-state index contributed by atoms with van der Waals surface area (Å²) in [7, 11) is 5.79. The Morgan fingerprint density at radius 2 is 2.15 bits per heavy atom. The number of fused-ring (bicyclic) bond motifs is 3. The van der Waals surface area contributed by atoms with Gasteiger partial charge in [-0.25, -0.2) is 4.98 Å². The van der Waals surface area contributed by atoms with Crippen LogP contribution in [0, 0.1) is 11.8 Å². The lowest BCUT2D eigenvalue weighted by molar-refractivity contribution is -0.0507. The number of nitrogens with zero attached hydrogens (tertiary/aromatic N) is 3. The van der Waals surface area contributed by atoms with Gasteiger partial charge in [-0.3, -0.25) is 9.69 Å². The van der Waals surface area contributed by atoms with Crippen LogP contribution in [0.25, 0.3) is 11.0 Å². The lowest BCUT2D eigenvalue weighted by Crippen LogP contribution is -2.18. The van der Waals surface area contributed by atoms with Crippen molar-refractivity contribution in [3.05, 3.63) is 58.9 Å². The number of carbonyl (C=O) groups is 1. The van der Waals surface area contributed by atoms with Crippen LogP contribution in [0.5, 0.6) is 5.75 Å². The summed E-state index contributed by atoms with van der Waals surface area (Å²) in [6, 6.07) is 10.0. The number of carbonyl (C=O) groups excluding carboxylic acids is 1. The minimum Gasteiger partial charge on any atom is -0.434 e. The van der Waals surface area contributed by atoms with E-state index >= 15 is 0 Å². The van der Waals surface area contributed by atoms with Crippen LogP contribution in [-0.4, -0.2) is 55.0 Å². The Labute approximate surface area is 191 Å². The maximum atomic E-state index is 13.2. The van der Waals surface area contributed by atoms with Gasteiger partial charge in [0.15, 0.2) is 6.29 Å². The topological polar surface area (TPSA) is 59.4 Å². The van der Waals surface area contributed by atoms with Gasteiger partial charge >= 0.3 is 6.61 Å². The zero-order valence-electron chi connectivity index (χ0n) is 18.8. The molecule has 0 spiro atoms. The quantitative estimate of drug-likeness (QED) is 0.334. The van der Waals surface area contributed by atoms with Crippen molar-refractivity contribution in [3.8, 4) is 17.6 Å². The highest BCUT2D eigenvalue weighted by Crippen LogP contribution is 2.46. The van der Waals surface area contributed by atoms with Crippen molar-refractivity contribution in [2.45, 2.75) is 31.5 Å². The third-order valence-electron chi connectivity index (χ3n) is 5.91. The maximum Gasteiger partial charge on any atom is 0.387 e. The summed E-state index contributed by atoms with van der Waals surface area (Å²) in [6.45, 7) is -2.19. The molecule has 1 N–H and O–H groups in total. The largest absolute Gasteiger partial charge is 0.434 e. The minimum atomic E-state index is -2.99. The van der Waals surface area contributed by atoms with Crippen molar-refractivity contribution in [1.29, 1.82) is 0 Å². The number of benzene rings is 2. The van der Waals surface area contributed by atoms with Gasteiger partial charge in [-0.05, 0) is 51.8 Å². The van der Waals surface area contributed by atoms with E-state index in [-0.39, 0.29) is 17.8 Å². The first-order chi connectivity index (χ1) is 15.9. The van der Waals surface area contributed by atoms with Crippen LogP contribution < -0.4 is 10.1 Å². The fourth-order valence-electron chi connectivity index (χ4n) is 4.43. The molecule has 4 rings (SSSR count). The number of aromatic nitrogens is 2. The zero-order chi connectivity index (χ0) is 23.5. The third-order valence-corrected chi connectivity index (χ3v) is 5.91. The van der Waals surface area contributed by atoms with E-state index in [1.54, 1.807) is 12.1 Å². The first-order valence-electron chi connectivity index (χ1n) is 10.8. The molecule has 2 unspecified atom stereocenters. The fourth-order valence-corrected chi connectivity index (χ4v) is 4.43. The molecule has 0 bridgehead atoms. The summed E-state index contributed by atoms with van der Waals surface area (Å²) in [4.78, 5) is 18.8. The molecule has 2 atom stereocenters. The maximum absolute atomic E-state index is 13.2. The number of hydrogen-bond acceptors (Lipinski definition) is 5. The van der Waals surface area contributed by atoms with Crippen molar-refractivity contribution < 1.29 is 18.3 Å². The van der Waals surface area contributed by atoms with E-state index in [0.29, 0.717) is 23.8 Å².